The van der Waals surface area contributed by atoms with Gasteiger partial charge in [0.25, 0.3) is 11.8 Å². The number of carbonyl (C=O) groups excluding carboxylic acids is 3. The average molecular weight is 365 g/mol. The summed E-state index contributed by atoms with van der Waals surface area (Å²) < 4.78 is 5.19. The summed E-state index contributed by atoms with van der Waals surface area (Å²) >= 11 is 0. The molecule has 1 N–H and O–H groups in total. The van der Waals surface area contributed by atoms with Crippen LogP contribution >= 0.6 is 0 Å². The molecule has 2 aliphatic rings. The molecule has 2 aromatic carbocycles. The van der Waals surface area contributed by atoms with Crippen LogP contribution in [0.15, 0.2) is 48.5 Å². The predicted molar refractivity (Wildman–Crippen MR) is 99.6 cm³/mol. The van der Waals surface area contributed by atoms with Crippen molar-refractivity contribution in [3.05, 3.63) is 54.1 Å². The van der Waals surface area contributed by atoms with E-state index in [0.29, 0.717) is 22.7 Å². The third-order valence-corrected chi connectivity index (χ3v) is 5.23. The molecule has 7 nitrogen and oxygen atoms in total. The minimum atomic E-state index is -1.38. The number of para-hydroxylation sites is 1. The summed E-state index contributed by atoms with van der Waals surface area (Å²) in [6.07, 6.45) is 0.426. The van der Waals surface area contributed by atoms with Gasteiger partial charge in [-0.15, -0.1) is 0 Å². The summed E-state index contributed by atoms with van der Waals surface area (Å²) in [7, 11) is 3.11. The molecule has 1 saturated heterocycles. The summed E-state index contributed by atoms with van der Waals surface area (Å²) in [5.74, 6) is -0.282. The van der Waals surface area contributed by atoms with Gasteiger partial charge in [0.05, 0.1) is 18.4 Å². The first-order valence-electron chi connectivity index (χ1n) is 8.65. The van der Waals surface area contributed by atoms with Crippen LogP contribution in [0.4, 0.5) is 11.4 Å². The van der Waals surface area contributed by atoms with E-state index in [4.69, 9.17) is 4.74 Å². The monoisotopic (exact) mass is 365 g/mol. The molecule has 138 valence electrons. The van der Waals surface area contributed by atoms with Crippen LogP contribution in [0.5, 0.6) is 5.75 Å². The van der Waals surface area contributed by atoms with Crippen molar-refractivity contribution in [1.82, 2.24) is 4.90 Å². The molecule has 27 heavy (non-hydrogen) atoms. The SMILES string of the molecule is COc1cccc(NC(=O)C23CCC(=O)N2c2ccccc2C(=O)N3C)c1. The topological polar surface area (TPSA) is 79.0 Å². The van der Waals surface area contributed by atoms with E-state index >= 15 is 0 Å². The van der Waals surface area contributed by atoms with E-state index < -0.39 is 11.6 Å². The van der Waals surface area contributed by atoms with Gasteiger partial charge in [-0.25, -0.2) is 0 Å². The number of hydrogen-bond donors (Lipinski definition) is 1. The number of ether oxygens (including phenoxy) is 1. The highest BCUT2D eigenvalue weighted by atomic mass is 16.5. The molecular formula is C20H19N3O4. The minimum absolute atomic E-state index is 0.178. The molecule has 0 spiro atoms. The minimum Gasteiger partial charge on any atom is -0.497 e. The molecule has 0 saturated carbocycles. The Labute approximate surface area is 156 Å². The van der Waals surface area contributed by atoms with Gasteiger partial charge in [-0.2, -0.15) is 0 Å². The number of fused-ring (bicyclic) bond motifs is 3. The van der Waals surface area contributed by atoms with E-state index in [2.05, 4.69) is 5.32 Å². The highest BCUT2D eigenvalue weighted by Crippen LogP contribution is 2.44. The van der Waals surface area contributed by atoms with Crippen LogP contribution in [-0.2, 0) is 9.59 Å². The zero-order chi connectivity index (χ0) is 19.2. The summed E-state index contributed by atoms with van der Waals surface area (Å²) in [5.41, 5.74) is 0.0441. The lowest BCUT2D eigenvalue weighted by molar-refractivity contribution is -0.128. The van der Waals surface area contributed by atoms with Gasteiger partial charge >= 0.3 is 0 Å². The molecule has 7 heteroatoms. The number of benzene rings is 2. The van der Waals surface area contributed by atoms with Crippen molar-refractivity contribution < 1.29 is 19.1 Å². The number of rotatable bonds is 3. The fraction of sp³-hybridized carbons (Fsp3) is 0.250. The smallest absolute Gasteiger partial charge is 0.271 e. The van der Waals surface area contributed by atoms with Gasteiger partial charge in [-0.05, 0) is 24.3 Å². The summed E-state index contributed by atoms with van der Waals surface area (Å²) in [4.78, 5) is 41.8. The van der Waals surface area contributed by atoms with Crippen molar-refractivity contribution in [1.29, 1.82) is 0 Å². The second-order valence-electron chi connectivity index (χ2n) is 6.61. The molecule has 0 aliphatic carbocycles. The molecule has 1 fully saturated rings. The Morgan fingerprint density at radius 3 is 2.70 bits per heavy atom. The van der Waals surface area contributed by atoms with Gasteiger partial charge in [0.15, 0.2) is 0 Å². The van der Waals surface area contributed by atoms with Gasteiger partial charge in [0.1, 0.15) is 5.75 Å². The molecule has 0 aromatic heterocycles. The number of nitrogens with zero attached hydrogens (tertiary/aromatic N) is 2. The number of methoxy groups -OCH3 is 1. The Kier molecular flexibility index (Phi) is 3.87. The first-order chi connectivity index (χ1) is 13.0. The van der Waals surface area contributed by atoms with Crippen LogP contribution in [0.25, 0.3) is 0 Å². The van der Waals surface area contributed by atoms with Gasteiger partial charge in [0, 0.05) is 31.6 Å². The molecule has 4 rings (SSSR count). The number of nitrogens with one attached hydrogen (secondary N) is 1. The van der Waals surface area contributed by atoms with Gasteiger partial charge in [0.2, 0.25) is 11.6 Å². The van der Waals surface area contributed by atoms with Crippen molar-refractivity contribution in [2.45, 2.75) is 18.5 Å². The number of carbonyl (C=O) groups is 3. The summed E-state index contributed by atoms with van der Waals surface area (Å²) in [6, 6.07) is 13.8. The maximum Gasteiger partial charge on any atom is 0.271 e. The van der Waals surface area contributed by atoms with E-state index in [9.17, 15) is 14.4 Å². The number of amides is 3. The number of hydrogen-bond acceptors (Lipinski definition) is 4. The normalized spacial score (nSPS) is 21.0. The average Bonchev–Trinajstić information content (AvgIpc) is 3.05. The third kappa shape index (κ3) is 2.38. The number of anilines is 2. The van der Waals surface area contributed by atoms with Crippen LogP contribution in [0.2, 0.25) is 0 Å². The lowest BCUT2D eigenvalue weighted by Gasteiger charge is -2.47. The van der Waals surface area contributed by atoms with E-state index in [0.717, 1.165) is 0 Å². The molecule has 2 heterocycles. The maximum absolute atomic E-state index is 13.3. The third-order valence-electron chi connectivity index (χ3n) is 5.23. The van der Waals surface area contributed by atoms with Crippen molar-refractivity contribution in [2.24, 2.45) is 0 Å². The van der Waals surface area contributed by atoms with Gasteiger partial charge in [-0.3, -0.25) is 19.3 Å². The zero-order valence-electron chi connectivity index (χ0n) is 15.1. The van der Waals surface area contributed by atoms with E-state index in [1.807, 2.05) is 0 Å². The number of likely N-dealkylation sites (N-methyl/N-ethyl adjacent to an activating group) is 1. The van der Waals surface area contributed by atoms with Crippen molar-refractivity contribution in [2.75, 3.05) is 24.4 Å². The molecule has 0 radical (unpaired) electrons. The zero-order valence-corrected chi connectivity index (χ0v) is 15.1. The van der Waals surface area contributed by atoms with Crippen molar-refractivity contribution in [3.63, 3.8) is 0 Å². The first kappa shape index (κ1) is 17.1. The van der Waals surface area contributed by atoms with E-state index in [1.54, 1.807) is 62.7 Å². The second kappa shape index (κ2) is 6.12. The van der Waals surface area contributed by atoms with Crippen LogP contribution in [0.1, 0.15) is 23.2 Å². The first-order valence-corrected chi connectivity index (χ1v) is 8.65. The standard InChI is InChI=1S/C20H19N3O4/c1-22-18(25)15-8-3-4-9-16(15)23-17(24)10-11-20(22,23)19(26)21-13-6-5-7-14(12-13)27-2/h3-9,12H,10-11H2,1-2H3,(H,21,26). The highest BCUT2D eigenvalue weighted by molar-refractivity contribution is 6.18. The molecule has 1 unspecified atom stereocenters. The molecule has 2 aliphatic heterocycles. The van der Waals surface area contributed by atoms with Crippen LogP contribution in [-0.4, -0.2) is 42.4 Å². The van der Waals surface area contributed by atoms with Crippen LogP contribution < -0.4 is 15.0 Å². The fourth-order valence-corrected chi connectivity index (χ4v) is 3.86. The van der Waals surface area contributed by atoms with Gasteiger partial charge in [-0.1, -0.05) is 18.2 Å². The maximum atomic E-state index is 13.3. The Morgan fingerprint density at radius 1 is 1.15 bits per heavy atom. The Hall–Kier alpha value is -3.35. The quantitative estimate of drug-likeness (QED) is 0.905. The Bertz CT molecular complexity index is 958. The Balaban J connectivity index is 1.78. The van der Waals surface area contributed by atoms with Crippen molar-refractivity contribution >= 4 is 29.1 Å². The largest absolute Gasteiger partial charge is 0.497 e. The van der Waals surface area contributed by atoms with E-state index in [-0.39, 0.29) is 24.7 Å². The molecule has 0 bridgehead atoms. The second-order valence-corrected chi connectivity index (χ2v) is 6.61. The lowest BCUT2D eigenvalue weighted by atomic mass is 9.96. The van der Waals surface area contributed by atoms with Crippen LogP contribution in [0.3, 0.4) is 0 Å². The Morgan fingerprint density at radius 2 is 1.93 bits per heavy atom. The van der Waals surface area contributed by atoms with Crippen molar-refractivity contribution in [3.8, 4) is 5.75 Å². The summed E-state index contributed by atoms with van der Waals surface area (Å²) in [5, 5.41) is 2.84. The molecule has 2 aromatic rings. The van der Waals surface area contributed by atoms with Crippen LogP contribution in [0, 0.1) is 0 Å². The molecule has 3 amide bonds. The highest BCUT2D eigenvalue weighted by Gasteiger charge is 2.59. The molecular weight excluding hydrogens is 346 g/mol. The fourth-order valence-electron chi connectivity index (χ4n) is 3.86. The summed E-state index contributed by atoms with van der Waals surface area (Å²) in [6.45, 7) is 0. The molecule has 1 atom stereocenters. The predicted octanol–water partition coefficient (Wildman–Crippen LogP) is 2.24. The lowest BCUT2D eigenvalue weighted by Crippen LogP contribution is -2.68. The van der Waals surface area contributed by atoms with Gasteiger partial charge < -0.3 is 15.0 Å². The van der Waals surface area contributed by atoms with E-state index in [1.165, 1.54) is 9.80 Å².